The van der Waals surface area contributed by atoms with Crippen molar-refractivity contribution in [3.8, 4) is 11.5 Å². The Hall–Kier alpha value is -1.66. The van der Waals surface area contributed by atoms with Crippen LogP contribution in [-0.4, -0.2) is 5.80 Å². The summed E-state index contributed by atoms with van der Waals surface area (Å²) < 4.78 is 13.2. The summed E-state index contributed by atoms with van der Waals surface area (Å²) in [5.74, 6) is 3.93. The predicted molar refractivity (Wildman–Crippen MR) is 149 cm³/mol. The van der Waals surface area contributed by atoms with Gasteiger partial charge in [0, 0.05) is 11.1 Å². The standard InChI is InChI=1S/C30H47O2P/c1-14-33(31-25-17-15-21(27(2,3)4)19-23(25)29(8,9)10)32-26-18-16-22(28(5,6)7)20-24(26)30(11,12)13/h14-20,33H,1-13H3. The van der Waals surface area contributed by atoms with E-state index in [-0.39, 0.29) is 21.7 Å². The Morgan fingerprint density at radius 3 is 1.12 bits per heavy atom. The van der Waals surface area contributed by atoms with Gasteiger partial charge in [0.25, 0.3) is 0 Å². The Morgan fingerprint density at radius 2 is 0.879 bits per heavy atom. The van der Waals surface area contributed by atoms with Crippen LogP contribution in [0.15, 0.2) is 36.4 Å². The molecule has 0 N–H and O–H groups in total. The van der Waals surface area contributed by atoms with E-state index < -0.39 is 8.00 Å². The largest absolute Gasteiger partial charge is 0.445 e. The van der Waals surface area contributed by atoms with Crippen molar-refractivity contribution in [2.45, 2.75) is 112 Å². The molecular formula is C30H47O2P. The summed E-state index contributed by atoms with van der Waals surface area (Å²) in [5, 5.41) is 0. The Bertz CT molecular complexity index is 924. The lowest BCUT2D eigenvalue weighted by atomic mass is 9.80. The third-order valence-corrected chi connectivity index (χ3v) is 7.28. The average molecular weight is 471 g/mol. The molecule has 2 rings (SSSR count). The second-order valence-electron chi connectivity index (χ2n) is 13.2. The van der Waals surface area contributed by atoms with Crippen molar-refractivity contribution < 1.29 is 9.05 Å². The van der Waals surface area contributed by atoms with E-state index in [1.54, 1.807) is 0 Å². The van der Waals surface area contributed by atoms with Crippen LogP contribution in [0.5, 0.6) is 11.5 Å². The first kappa shape index (κ1) is 27.6. The van der Waals surface area contributed by atoms with Gasteiger partial charge in [-0.15, -0.1) is 0 Å². The summed E-state index contributed by atoms with van der Waals surface area (Å²) in [6.07, 6.45) is 0. The molecule has 0 aromatic heterocycles. The smallest absolute Gasteiger partial charge is 0.206 e. The summed E-state index contributed by atoms with van der Waals surface area (Å²) >= 11 is 0. The molecule has 0 spiro atoms. The molecule has 0 saturated heterocycles. The van der Waals surface area contributed by atoms with Gasteiger partial charge >= 0.3 is 0 Å². The van der Waals surface area contributed by atoms with Crippen molar-refractivity contribution in [1.29, 1.82) is 0 Å². The molecule has 0 amide bonds. The fourth-order valence-electron chi connectivity index (χ4n) is 3.70. The highest BCUT2D eigenvalue weighted by Crippen LogP contribution is 2.43. The van der Waals surface area contributed by atoms with E-state index in [4.69, 9.17) is 9.05 Å². The first-order chi connectivity index (χ1) is 14.8. The molecule has 2 aromatic carbocycles. The van der Waals surface area contributed by atoms with Crippen molar-refractivity contribution in [3.63, 3.8) is 0 Å². The van der Waals surface area contributed by atoms with Crippen molar-refractivity contribution >= 4 is 13.8 Å². The van der Waals surface area contributed by atoms with Crippen LogP contribution < -0.4 is 9.05 Å². The Morgan fingerprint density at radius 1 is 0.545 bits per heavy atom. The number of hydrogen-bond donors (Lipinski definition) is 0. The molecule has 3 heteroatoms. The zero-order valence-electron chi connectivity index (χ0n) is 23.4. The maximum Gasteiger partial charge on any atom is 0.206 e. The molecule has 2 aromatic rings. The van der Waals surface area contributed by atoms with Gasteiger partial charge in [-0.05, 0) is 57.6 Å². The van der Waals surface area contributed by atoms with Gasteiger partial charge in [-0.25, -0.2) is 0 Å². The molecule has 0 radical (unpaired) electrons. The molecule has 0 atom stereocenters. The summed E-state index contributed by atoms with van der Waals surface area (Å²) in [4.78, 5) is 0. The Labute approximate surface area is 204 Å². The molecule has 0 aliphatic carbocycles. The lowest BCUT2D eigenvalue weighted by Gasteiger charge is -2.29. The maximum atomic E-state index is 6.58. The lowest BCUT2D eigenvalue weighted by molar-refractivity contribution is 0.472. The van der Waals surface area contributed by atoms with Gasteiger partial charge in [-0.3, -0.25) is 0 Å². The molecule has 0 fully saturated rings. The van der Waals surface area contributed by atoms with Crippen LogP contribution in [0.2, 0.25) is 0 Å². The van der Waals surface area contributed by atoms with Crippen LogP contribution in [0.25, 0.3) is 0 Å². The molecule has 184 valence electrons. The Kier molecular flexibility index (Phi) is 7.97. The van der Waals surface area contributed by atoms with Crippen molar-refractivity contribution in [2.24, 2.45) is 0 Å². The molecule has 0 saturated carbocycles. The average Bonchev–Trinajstić information content (AvgIpc) is 2.64. The lowest BCUT2D eigenvalue weighted by Crippen LogP contribution is -2.18. The summed E-state index contributed by atoms with van der Waals surface area (Å²) in [7, 11) is -1.67. The van der Waals surface area contributed by atoms with E-state index in [1.807, 2.05) is 6.92 Å². The first-order valence-corrected chi connectivity index (χ1v) is 13.6. The molecule has 0 aliphatic heterocycles. The topological polar surface area (TPSA) is 18.5 Å². The van der Waals surface area contributed by atoms with Gasteiger partial charge < -0.3 is 9.05 Å². The van der Waals surface area contributed by atoms with Gasteiger partial charge in [-0.1, -0.05) is 107 Å². The summed E-state index contributed by atoms with van der Waals surface area (Å²) in [6.45, 7) is 29.0. The van der Waals surface area contributed by atoms with Crippen LogP contribution in [-0.2, 0) is 21.7 Å². The molecule has 2 nitrogen and oxygen atoms in total. The van der Waals surface area contributed by atoms with Crippen LogP contribution in [0, 0.1) is 0 Å². The highest BCUT2D eigenvalue weighted by molar-refractivity contribution is 7.48. The fraction of sp³-hybridized carbons (Fsp3) is 0.567. The third-order valence-electron chi connectivity index (χ3n) is 5.96. The Balaban J connectivity index is 2.47. The molecular weight excluding hydrogens is 423 g/mol. The summed E-state index contributed by atoms with van der Waals surface area (Å²) in [6, 6.07) is 13.3. The highest BCUT2D eigenvalue weighted by atomic mass is 31.1. The van der Waals surface area contributed by atoms with Crippen molar-refractivity contribution in [1.82, 2.24) is 0 Å². The summed E-state index contributed by atoms with van der Waals surface area (Å²) in [5.41, 5.74) is 5.23. The molecule has 0 unspecified atom stereocenters. The number of benzene rings is 2. The van der Waals surface area contributed by atoms with Gasteiger partial charge in [0.15, 0.2) is 0 Å². The van der Waals surface area contributed by atoms with Crippen molar-refractivity contribution in [3.05, 3.63) is 58.7 Å². The highest BCUT2D eigenvalue weighted by Gasteiger charge is 2.26. The minimum absolute atomic E-state index is 0.0256. The van der Waals surface area contributed by atoms with E-state index in [0.29, 0.717) is 0 Å². The number of rotatable bonds is 4. The second kappa shape index (κ2) is 9.53. The van der Waals surface area contributed by atoms with Crippen LogP contribution in [0.1, 0.15) is 112 Å². The first-order valence-electron chi connectivity index (χ1n) is 12.2. The van der Waals surface area contributed by atoms with Gasteiger partial charge in [0.05, 0.1) is 0 Å². The molecule has 0 aliphatic rings. The maximum absolute atomic E-state index is 6.58. The molecule has 0 bridgehead atoms. The van der Waals surface area contributed by atoms with E-state index >= 15 is 0 Å². The quantitative estimate of drug-likeness (QED) is 0.415. The molecule has 0 heterocycles. The van der Waals surface area contributed by atoms with Gasteiger partial charge in [0.2, 0.25) is 8.00 Å². The number of hydrogen-bond acceptors (Lipinski definition) is 2. The van der Waals surface area contributed by atoms with E-state index in [1.165, 1.54) is 22.3 Å². The zero-order valence-corrected chi connectivity index (χ0v) is 24.4. The second-order valence-corrected chi connectivity index (χ2v) is 14.9. The minimum atomic E-state index is -1.67. The van der Waals surface area contributed by atoms with Gasteiger partial charge in [-0.2, -0.15) is 0 Å². The van der Waals surface area contributed by atoms with Crippen LogP contribution in [0.3, 0.4) is 0 Å². The fourth-order valence-corrected chi connectivity index (χ4v) is 4.77. The molecule has 33 heavy (non-hydrogen) atoms. The predicted octanol–water partition coefficient (Wildman–Crippen LogP) is 9.20. The minimum Gasteiger partial charge on any atom is -0.445 e. The SMILES string of the molecule is CC=[PH](Oc1ccc(C(C)(C)C)cc1C(C)(C)C)Oc1ccc(C(C)(C)C)cc1C(C)(C)C. The van der Waals surface area contributed by atoms with Crippen molar-refractivity contribution in [2.75, 3.05) is 0 Å². The van der Waals surface area contributed by atoms with Crippen LogP contribution >= 0.6 is 8.00 Å². The zero-order chi connectivity index (χ0) is 25.4. The normalized spacial score (nSPS) is 13.3. The van der Waals surface area contributed by atoms with E-state index in [2.05, 4.69) is 125 Å². The van der Waals surface area contributed by atoms with E-state index in [0.717, 1.165) is 11.5 Å². The van der Waals surface area contributed by atoms with Crippen LogP contribution in [0.4, 0.5) is 0 Å². The third kappa shape index (κ3) is 7.16. The van der Waals surface area contributed by atoms with Gasteiger partial charge in [0.1, 0.15) is 11.5 Å². The monoisotopic (exact) mass is 470 g/mol. The van der Waals surface area contributed by atoms with E-state index in [9.17, 15) is 0 Å².